The van der Waals surface area contributed by atoms with Crippen molar-refractivity contribution >= 4 is 34.2 Å². The molecule has 1 heterocycles. The van der Waals surface area contributed by atoms with Crippen LogP contribution in [0.25, 0.3) is 11.0 Å². The lowest BCUT2D eigenvalue weighted by Gasteiger charge is -2.10. The smallest absolute Gasteiger partial charge is 0.255 e. The van der Waals surface area contributed by atoms with Gasteiger partial charge in [0.05, 0.1) is 18.1 Å². The van der Waals surface area contributed by atoms with Crippen LogP contribution in [-0.4, -0.2) is 28.5 Å². The van der Waals surface area contributed by atoms with E-state index in [-0.39, 0.29) is 18.4 Å². The number of fused-ring (bicyclic) bond motifs is 1. The molecule has 3 aromatic carbocycles. The number of methoxy groups -OCH3 is 1. The number of hydrogen-bond acceptors (Lipinski definition) is 4. The number of para-hydroxylation sites is 2. The Hall–Kier alpha value is -4.13. The average molecular weight is 414 g/mol. The van der Waals surface area contributed by atoms with Crippen molar-refractivity contribution in [1.82, 2.24) is 9.55 Å². The van der Waals surface area contributed by atoms with Crippen LogP contribution in [0.3, 0.4) is 0 Å². The van der Waals surface area contributed by atoms with E-state index in [1.54, 1.807) is 55.6 Å². The van der Waals surface area contributed by atoms with Gasteiger partial charge in [0.15, 0.2) is 0 Å². The summed E-state index contributed by atoms with van der Waals surface area (Å²) in [6, 6.07) is 21.6. The minimum atomic E-state index is -0.233. The number of imidazole rings is 1. The van der Waals surface area contributed by atoms with Gasteiger partial charge in [0.1, 0.15) is 18.1 Å². The van der Waals surface area contributed by atoms with Crippen LogP contribution in [0.15, 0.2) is 72.8 Å². The molecule has 0 aliphatic heterocycles. The van der Waals surface area contributed by atoms with Gasteiger partial charge in [0.25, 0.3) is 5.91 Å². The number of rotatable bonds is 6. The van der Waals surface area contributed by atoms with Crippen LogP contribution in [0.1, 0.15) is 16.2 Å². The van der Waals surface area contributed by atoms with Gasteiger partial charge in [-0.15, -0.1) is 0 Å². The summed E-state index contributed by atoms with van der Waals surface area (Å²) in [5.74, 6) is 1.10. The molecular weight excluding hydrogens is 392 g/mol. The van der Waals surface area contributed by atoms with Gasteiger partial charge in [0.2, 0.25) is 5.91 Å². The summed E-state index contributed by atoms with van der Waals surface area (Å²) >= 11 is 0. The van der Waals surface area contributed by atoms with Crippen molar-refractivity contribution in [2.45, 2.75) is 13.5 Å². The Morgan fingerprint density at radius 3 is 2.26 bits per heavy atom. The van der Waals surface area contributed by atoms with Crippen molar-refractivity contribution in [3.05, 3.63) is 84.2 Å². The maximum absolute atomic E-state index is 12.5. The van der Waals surface area contributed by atoms with Gasteiger partial charge in [-0.2, -0.15) is 0 Å². The number of nitrogens with one attached hydrogen (secondary N) is 2. The molecule has 2 N–H and O–H groups in total. The predicted molar refractivity (Wildman–Crippen MR) is 120 cm³/mol. The molecule has 4 rings (SSSR count). The second kappa shape index (κ2) is 8.71. The molecule has 0 bridgehead atoms. The molecule has 156 valence electrons. The highest BCUT2D eigenvalue weighted by Gasteiger charge is 2.12. The van der Waals surface area contributed by atoms with Gasteiger partial charge in [-0.3, -0.25) is 9.59 Å². The molecule has 0 aliphatic rings. The molecule has 0 saturated carbocycles. The van der Waals surface area contributed by atoms with Gasteiger partial charge in [-0.1, -0.05) is 12.1 Å². The monoisotopic (exact) mass is 414 g/mol. The quantitative estimate of drug-likeness (QED) is 0.494. The maximum atomic E-state index is 12.5. The minimum Gasteiger partial charge on any atom is -0.497 e. The Kier molecular flexibility index (Phi) is 5.66. The van der Waals surface area contributed by atoms with Crippen LogP contribution >= 0.6 is 0 Å². The predicted octanol–water partition coefficient (Wildman–Crippen LogP) is 4.24. The lowest BCUT2D eigenvalue weighted by atomic mass is 10.2. The van der Waals surface area contributed by atoms with Crippen molar-refractivity contribution < 1.29 is 14.3 Å². The van der Waals surface area contributed by atoms with Gasteiger partial charge in [0, 0.05) is 16.9 Å². The van der Waals surface area contributed by atoms with Crippen LogP contribution in [0.2, 0.25) is 0 Å². The Balaban J connectivity index is 1.39. The molecule has 0 atom stereocenters. The molecule has 1 aromatic heterocycles. The van der Waals surface area contributed by atoms with Crippen LogP contribution in [0.4, 0.5) is 11.4 Å². The molecule has 0 aliphatic carbocycles. The van der Waals surface area contributed by atoms with E-state index in [1.165, 1.54) is 0 Å². The first-order chi connectivity index (χ1) is 15.0. The third kappa shape index (κ3) is 4.56. The summed E-state index contributed by atoms with van der Waals surface area (Å²) in [4.78, 5) is 29.5. The van der Waals surface area contributed by atoms with E-state index in [0.29, 0.717) is 16.9 Å². The second-order valence-electron chi connectivity index (χ2n) is 7.04. The summed E-state index contributed by atoms with van der Waals surface area (Å²) in [7, 11) is 1.59. The molecule has 2 amide bonds. The minimum absolute atomic E-state index is 0.159. The Morgan fingerprint density at radius 1 is 0.903 bits per heavy atom. The SMILES string of the molecule is COc1ccc(NC(=O)c2ccc(NC(=O)Cn3c(C)nc4ccccc43)cc2)cc1. The fourth-order valence-electron chi connectivity index (χ4n) is 3.32. The summed E-state index contributed by atoms with van der Waals surface area (Å²) < 4.78 is 6.99. The van der Waals surface area contributed by atoms with E-state index >= 15 is 0 Å². The fraction of sp³-hybridized carbons (Fsp3) is 0.125. The van der Waals surface area contributed by atoms with Crippen molar-refractivity contribution in [3.63, 3.8) is 0 Å². The second-order valence-corrected chi connectivity index (χ2v) is 7.04. The molecule has 31 heavy (non-hydrogen) atoms. The molecule has 7 nitrogen and oxygen atoms in total. The third-order valence-electron chi connectivity index (χ3n) is 4.93. The number of nitrogens with zero attached hydrogens (tertiary/aromatic N) is 2. The Bertz CT molecular complexity index is 1230. The van der Waals surface area contributed by atoms with E-state index in [1.807, 2.05) is 35.8 Å². The van der Waals surface area contributed by atoms with Crippen LogP contribution in [0.5, 0.6) is 5.75 Å². The largest absolute Gasteiger partial charge is 0.497 e. The van der Waals surface area contributed by atoms with Crippen LogP contribution in [0, 0.1) is 6.92 Å². The zero-order chi connectivity index (χ0) is 21.8. The number of ether oxygens (including phenoxy) is 1. The normalized spacial score (nSPS) is 10.6. The van der Waals surface area contributed by atoms with Crippen molar-refractivity contribution in [3.8, 4) is 5.75 Å². The molecule has 0 saturated heterocycles. The van der Waals surface area contributed by atoms with Crippen LogP contribution in [-0.2, 0) is 11.3 Å². The number of aryl methyl sites for hydroxylation is 1. The first kappa shape index (κ1) is 20.2. The summed E-state index contributed by atoms with van der Waals surface area (Å²) in [5, 5.41) is 5.70. The number of hydrogen-bond donors (Lipinski definition) is 2. The molecule has 0 unspecified atom stereocenters. The summed E-state index contributed by atoms with van der Waals surface area (Å²) in [5.41, 5.74) is 3.56. The summed E-state index contributed by atoms with van der Waals surface area (Å²) in [6.07, 6.45) is 0. The number of carbonyl (C=O) groups excluding carboxylic acids is 2. The Morgan fingerprint density at radius 2 is 1.55 bits per heavy atom. The van der Waals surface area contributed by atoms with Gasteiger partial charge >= 0.3 is 0 Å². The molecule has 0 radical (unpaired) electrons. The average Bonchev–Trinajstić information content (AvgIpc) is 3.09. The zero-order valence-corrected chi connectivity index (χ0v) is 17.3. The number of anilines is 2. The summed E-state index contributed by atoms with van der Waals surface area (Å²) in [6.45, 7) is 2.04. The number of benzene rings is 3. The van der Waals surface area contributed by atoms with E-state index in [9.17, 15) is 9.59 Å². The topological polar surface area (TPSA) is 85.3 Å². The highest BCUT2D eigenvalue weighted by molar-refractivity contribution is 6.04. The molecule has 0 fully saturated rings. The van der Waals surface area contributed by atoms with E-state index in [4.69, 9.17) is 4.74 Å². The third-order valence-corrected chi connectivity index (χ3v) is 4.93. The lowest BCUT2D eigenvalue weighted by Crippen LogP contribution is -2.19. The van der Waals surface area contributed by atoms with Crippen molar-refractivity contribution in [2.75, 3.05) is 17.7 Å². The Labute approximate surface area is 179 Å². The highest BCUT2D eigenvalue weighted by atomic mass is 16.5. The first-order valence-corrected chi connectivity index (χ1v) is 9.80. The standard InChI is InChI=1S/C24H22N4O3/c1-16-25-21-5-3-4-6-22(21)28(16)15-23(29)26-18-9-7-17(8-10-18)24(30)27-19-11-13-20(31-2)14-12-19/h3-14H,15H2,1-2H3,(H,26,29)(H,27,30). The lowest BCUT2D eigenvalue weighted by molar-refractivity contribution is -0.116. The zero-order valence-electron chi connectivity index (χ0n) is 17.3. The fourth-order valence-corrected chi connectivity index (χ4v) is 3.32. The first-order valence-electron chi connectivity index (χ1n) is 9.80. The van der Waals surface area contributed by atoms with Gasteiger partial charge in [-0.25, -0.2) is 4.98 Å². The molecule has 7 heteroatoms. The molecular formula is C24H22N4O3. The number of aromatic nitrogens is 2. The van der Waals surface area contributed by atoms with Crippen molar-refractivity contribution in [2.24, 2.45) is 0 Å². The van der Waals surface area contributed by atoms with E-state index in [0.717, 1.165) is 22.6 Å². The molecule has 4 aromatic rings. The number of carbonyl (C=O) groups is 2. The highest BCUT2D eigenvalue weighted by Crippen LogP contribution is 2.18. The van der Waals surface area contributed by atoms with E-state index in [2.05, 4.69) is 15.6 Å². The van der Waals surface area contributed by atoms with Gasteiger partial charge in [-0.05, 0) is 67.6 Å². The number of amides is 2. The molecule has 0 spiro atoms. The van der Waals surface area contributed by atoms with E-state index < -0.39 is 0 Å². The van der Waals surface area contributed by atoms with Gasteiger partial charge < -0.3 is 19.9 Å². The van der Waals surface area contributed by atoms with Crippen LogP contribution < -0.4 is 15.4 Å². The maximum Gasteiger partial charge on any atom is 0.255 e. The van der Waals surface area contributed by atoms with Crippen molar-refractivity contribution in [1.29, 1.82) is 0 Å².